The van der Waals surface area contributed by atoms with E-state index in [1.165, 1.54) is 19.2 Å². The fourth-order valence-corrected chi connectivity index (χ4v) is 2.04. The molecule has 0 spiro atoms. The molecule has 18 heavy (non-hydrogen) atoms. The topological polar surface area (TPSA) is 81.8 Å². The van der Waals surface area contributed by atoms with Gasteiger partial charge in [-0.2, -0.15) is 0 Å². The Hall–Kier alpha value is -1.50. The molecule has 0 radical (unpaired) electrons. The van der Waals surface area contributed by atoms with Crippen molar-refractivity contribution in [2.45, 2.75) is 31.3 Å². The van der Waals surface area contributed by atoms with Crippen LogP contribution in [0.15, 0.2) is 24.3 Å². The van der Waals surface area contributed by atoms with Crippen LogP contribution in [-0.2, 0) is 9.47 Å². The molecule has 0 bridgehead atoms. The Morgan fingerprint density at radius 2 is 2.06 bits per heavy atom. The fourth-order valence-electron chi connectivity index (χ4n) is 2.04. The number of nitro groups is 1. The number of aliphatic hydroxyl groups is 1. The van der Waals surface area contributed by atoms with Crippen LogP contribution in [0, 0.1) is 10.1 Å². The van der Waals surface area contributed by atoms with E-state index in [9.17, 15) is 15.2 Å². The summed E-state index contributed by atoms with van der Waals surface area (Å²) in [6.45, 7) is 0. The van der Waals surface area contributed by atoms with E-state index in [0.717, 1.165) is 5.56 Å². The van der Waals surface area contributed by atoms with Gasteiger partial charge in [-0.3, -0.25) is 10.1 Å². The van der Waals surface area contributed by atoms with Crippen molar-refractivity contribution in [1.29, 1.82) is 0 Å². The number of non-ortho nitro benzene ring substituents is 1. The first-order chi connectivity index (χ1) is 8.60. The zero-order chi connectivity index (χ0) is 13.1. The summed E-state index contributed by atoms with van der Waals surface area (Å²) in [5.41, 5.74) is 0.847. The van der Waals surface area contributed by atoms with Gasteiger partial charge in [0.05, 0.1) is 17.1 Å². The molecule has 1 N–H and O–H groups in total. The third-order valence-electron chi connectivity index (χ3n) is 3.01. The van der Waals surface area contributed by atoms with Crippen molar-refractivity contribution in [3.8, 4) is 0 Å². The van der Waals surface area contributed by atoms with E-state index in [4.69, 9.17) is 9.47 Å². The SMILES string of the molecule is CO[C@H]1C[C@@H](O)C[C@@H](c2ccc([N+](=O)[O-])cc2)O1. The third-order valence-corrected chi connectivity index (χ3v) is 3.01. The van der Waals surface area contributed by atoms with E-state index in [0.29, 0.717) is 12.8 Å². The maximum atomic E-state index is 10.6. The van der Waals surface area contributed by atoms with Crippen molar-refractivity contribution in [2.24, 2.45) is 0 Å². The van der Waals surface area contributed by atoms with E-state index in [1.807, 2.05) is 0 Å². The summed E-state index contributed by atoms with van der Waals surface area (Å²) in [6, 6.07) is 6.16. The minimum atomic E-state index is -0.483. The van der Waals surface area contributed by atoms with Gasteiger partial charge in [-0.05, 0) is 17.7 Å². The van der Waals surface area contributed by atoms with Gasteiger partial charge in [-0.15, -0.1) is 0 Å². The molecule has 0 unspecified atom stereocenters. The summed E-state index contributed by atoms with van der Waals surface area (Å²) in [4.78, 5) is 10.1. The van der Waals surface area contributed by atoms with Crippen LogP contribution in [-0.4, -0.2) is 29.5 Å². The molecule has 1 aliphatic rings. The lowest BCUT2D eigenvalue weighted by Gasteiger charge is -2.32. The standard InChI is InChI=1S/C12H15NO5/c1-17-12-7-10(14)6-11(18-12)8-2-4-9(5-3-8)13(15)16/h2-5,10-12,14H,6-7H2,1H3/t10-,11-,12+/m0/s1. The van der Waals surface area contributed by atoms with Crippen LogP contribution in [0.25, 0.3) is 0 Å². The smallest absolute Gasteiger partial charge is 0.269 e. The van der Waals surface area contributed by atoms with Crippen LogP contribution in [0.2, 0.25) is 0 Å². The van der Waals surface area contributed by atoms with Gasteiger partial charge in [0.15, 0.2) is 6.29 Å². The molecule has 1 heterocycles. The largest absolute Gasteiger partial charge is 0.393 e. The highest BCUT2D eigenvalue weighted by Crippen LogP contribution is 2.32. The molecule has 1 aromatic rings. The van der Waals surface area contributed by atoms with Gasteiger partial charge in [0.25, 0.3) is 5.69 Å². The van der Waals surface area contributed by atoms with Gasteiger partial charge in [0, 0.05) is 32.1 Å². The fraction of sp³-hybridized carbons (Fsp3) is 0.500. The van der Waals surface area contributed by atoms with Crippen LogP contribution >= 0.6 is 0 Å². The summed E-state index contributed by atoms with van der Waals surface area (Å²) in [5.74, 6) is 0. The van der Waals surface area contributed by atoms with Crippen molar-refractivity contribution >= 4 is 5.69 Å². The Balaban J connectivity index is 2.12. The van der Waals surface area contributed by atoms with Gasteiger partial charge in [0.2, 0.25) is 0 Å². The van der Waals surface area contributed by atoms with Gasteiger partial charge in [0.1, 0.15) is 0 Å². The van der Waals surface area contributed by atoms with Crippen LogP contribution < -0.4 is 0 Å². The summed E-state index contributed by atoms with van der Waals surface area (Å²) < 4.78 is 10.7. The van der Waals surface area contributed by atoms with Crippen molar-refractivity contribution < 1.29 is 19.5 Å². The van der Waals surface area contributed by atoms with Gasteiger partial charge in [-0.1, -0.05) is 0 Å². The molecule has 1 saturated heterocycles. The van der Waals surface area contributed by atoms with Crippen molar-refractivity contribution in [3.63, 3.8) is 0 Å². The lowest BCUT2D eigenvalue weighted by atomic mass is 9.98. The van der Waals surface area contributed by atoms with E-state index in [1.54, 1.807) is 12.1 Å². The lowest BCUT2D eigenvalue weighted by molar-refractivity contribution is -0.384. The summed E-state index contributed by atoms with van der Waals surface area (Å²) in [5, 5.41) is 20.3. The highest BCUT2D eigenvalue weighted by atomic mass is 16.7. The molecule has 1 fully saturated rings. The second-order valence-electron chi connectivity index (χ2n) is 4.26. The molecule has 0 amide bonds. The van der Waals surface area contributed by atoms with E-state index >= 15 is 0 Å². The van der Waals surface area contributed by atoms with E-state index in [2.05, 4.69) is 0 Å². The van der Waals surface area contributed by atoms with Crippen LogP contribution in [0.1, 0.15) is 24.5 Å². The number of hydrogen-bond donors (Lipinski definition) is 1. The summed E-state index contributed by atoms with van der Waals surface area (Å²) >= 11 is 0. The molecule has 0 saturated carbocycles. The molecule has 0 aromatic heterocycles. The second-order valence-corrected chi connectivity index (χ2v) is 4.26. The van der Waals surface area contributed by atoms with Gasteiger partial charge >= 0.3 is 0 Å². The summed E-state index contributed by atoms with van der Waals surface area (Å²) in [7, 11) is 1.52. The quantitative estimate of drug-likeness (QED) is 0.655. The molecular weight excluding hydrogens is 238 g/mol. The summed E-state index contributed by atoms with van der Waals surface area (Å²) in [6.07, 6.45) is -0.296. The molecule has 6 nitrogen and oxygen atoms in total. The van der Waals surface area contributed by atoms with E-state index < -0.39 is 17.3 Å². The minimum absolute atomic E-state index is 0.0402. The lowest BCUT2D eigenvalue weighted by Crippen LogP contribution is -2.32. The first kappa shape index (κ1) is 12.9. The molecule has 2 rings (SSSR count). The Labute approximate surface area is 104 Å². The number of nitro benzene ring substituents is 1. The number of methoxy groups -OCH3 is 1. The minimum Gasteiger partial charge on any atom is -0.393 e. The predicted molar refractivity (Wildman–Crippen MR) is 63.0 cm³/mol. The van der Waals surface area contributed by atoms with E-state index in [-0.39, 0.29) is 11.8 Å². The first-order valence-electron chi connectivity index (χ1n) is 5.71. The van der Waals surface area contributed by atoms with Gasteiger partial charge < -0.3 is 14.6 Å². The molecule has 1 aliphatic heterocycles. The average Bonchev–Trinajstić information content (AvgIpc) is 2.38. The zero-order valence-electron chi connectivity index (χ0n) is 9.98. The molecule has 1 aromatic carbocycles. The average molecular weight is 253 g/mol. The number of nitrogens with zero attached hydrogens (tertiary/aromatic N) is 1. The Kier molecular flexibility index (Phi) is 3.90. The van der Waals surface area contributed by atoms with Gasteiger partial charge in [-0.25, -0.2) is 0 Å². The normalized spacial score (nSPS) is 28.0. The van der Waals surface area contributed by atoms with Crippen LogP contribution in [0.3, 0.4) is 0 Å². The predicted octanol–water partition coefficient (Wildman–Crippen LogP) is 1.78. The van der Waals surface area contributed by atoms with Crippen molar-refractivity contribution in [1.82, 2.24) is 0 Å². The number of benzene rings is 1. The molecule has 0 aliphatic carbocycles. The maximum absolute atomic E-state index is 10.6. The van der Waals surface area contributed by atoms with Crippen LogP contribution in [0.5, 0.6) is 0 Å². The highest BCUT2D eigenvalue weighted by molar-refractivity contribution is 5.34. The third kappa shape index (κ3) is 2.84. The Morgan fingerprint density at radius 3 is 2.61 bits per heavy atom. The Bertz CT molecular complexity index is 419. The van der Waals surface area contributed by atoms with Crippen LogP contribution in [0.4, 0.5) is 5.69 Å². The number of hydrogen-bond acceptors (Lipinski definition) is 5. The Morgan fingerprint density at radius 1 is 1.39 bits per heavy atom. The molecule has 6 heteroatoms. The second kappa shape index (κ2) is 5.43. The first-order valence-corrected chi connectivity index (χ1v) is 5.71. The molecule has 98 valence electrons. The maximum Gasteiger partial charge on any atom is 0.269 e. The zero-order valence-corrected chi connectivity index (χ0v) is 9.98. The number of ether oxygens (including phenoxy) is 2. The number of aliphatic hydroxyl groups excluding tert-OH is 1. The number of rotatable bonds is 3. The van der Waals surface area contributed by atoms with Crippen molar-refractivity contribution in [3.05, 3.63) is 39.9 Å². The monoisotopic (exact) mass is 253 g/mol. The highest BCUT2D eigenvalue weighted by Gasteiger charge is 2.29. The molecular formula is C12H15NO5. The van der Waals surface area contributed by atoms with Crippen molar-refractivity contribution in [2.75, 3.05) is 7.11 Å². The molecule has 3 atom stereocenters.